The number of likely N-dealkylation sites (N-methyl/N-ethyl adjacent to an activating group) is 1. The third kappa shape index (κ3) is 4.86. The number of carbonyl (C=O) groups excluding carboxylic acids is 1. The van der Waals surface area contributed by atoms with Crippen LogP contribution in [0.15, 0.2) is 24.3 Å². The number of nitrogens with one attached hydrogen (secondary N) is 1. The minimum absolute atomic E-state index is 0.0227. The molecule has 6 nitrogen and oxygen atoms in total. The molecule has 1 aliphatic rings. The summed E-state index contributed by atoms with van der Waals surface area (Å²) in [5, 5.41) is 12.7. The zero-order valence-corrected chi connectivity index (χ0v) is 15.5. The first-order valence-electron chi connectivity index (χ1n) is 8.71. The molecule has 0 aliphatic carbocycles. The molecule has 1 saturated heterocycles. The van der Waals surface area contributed by atoms with Crippen molar-refractivity contribution in [3.8, 4) is 0 Å². The van der Waals surface area contributed by atoms with E-state index in [1.807, 2.05) is 24.3 Å². The maximum absolute atomic E-state index is 12.4. The summed E-state index contributed by atoms with van der Waals surface area (Å²) in [6, 6.07) is 7.43. The average Bonchev–Trinajstić information content (AvgIpc) is 3.10. The smallest absolute Gasteiger partial charge is 0.317 e. The van der Waals surface area contributed by atoms with E-state index in [1.54, 1.807) is 4.90 Å². The summed E-state index contributed by atoms with van der Waals surface area (Å²) in [5.41, 5.74) is 0.984. The molecule has 0 saturated carbocycles. The molecule has 138 valence electrons. The Morgan fingerprint density at radius 2 is 2.04 bits per heavy atom. The molecule has 0 spiro atoms. The van der Waals surface area contributed by atoms with Gasteiger partial charge in [0.05, 0.1) is 12.0 Å². The van der Waals surface area contributed by atoms with Gasteiger partial charge in [-0.1, -0.05) is 43.6 Å². The minimum atomic E-state index is -0.840. The highest BCUT2D eigenvalue weighted by Gasteiger charge is 2.31. The third-order valence-corrected chi connectivity index (χ3v) is 5.13. The molecule has 2 unspecified atom stereocenters. The Labute approximate surface area is 153 Å². The molecular formula is C18H26ClN3O3. The minimum Gasteiger partial charge on any atom is -0.481 e. The monoisotopic (exact) mass is 367 g/mol. The van der Waals surface area contributed by atoms with Crippen molar-refractivity contribution in [3.05, 3.63) is 34.9 Å². The van der Waals surface area contributed by atoms with Crippen LogP contribution in [0.25, 0.3) is 0 Å². The first-order chi connectivity index (χ1) is 12.0. The van der Waals surface area contributed by atoms with Gasteiger partial charge in [0.25, 0.3) is 0 Å². The van der Waals surface area contributed by atoms with Crippen LogP contribution in [0.5, 0.6) is 0 Å². The average molecular weight is 368 g/mol. The SMILES string of the molecule is CCN(CC)C(CNC(=O)N1CCC(C(=O)O)C1)c1ccccc1Cl. The summed E-state index contributed by atoms with van der Waals surface area (Å²) >= 11 is 6.36. The lowest BCUT2D eigenvalue weighted by atomic mass is 10.0. The Kier molecular flexibility index (Phi) is 7.08. The predicted molar refractivity (Wildman–Crippen MR) is 97.8 cm³/mol. The predicted octanol–water partition coefficient (Wildman–Crippen LogP) is 2.84. The topological polar surface area (TPSA) is 72.9 Å². The number of nitrogens with zero attached hydrogens (tertiary/aromatic N) is 2. The number of benzene rings is 1. The first-order valence-corrected chi connectivity index (χ1v) is 9.09. The van der Waals surface area contributed by atoms with Crippen LogP contribution in [-0.2, 0) is 4.79 Å². The first kappa shape index (κ1) is 19.5. The third-order valence-electron chi connectivity index (χ3n) is 4.79. The second kappa shape index (κ2) is 9.06. The normalized spacial score (nSPS) is 18.4. The van der Waals surface area contributed by atoms with Crippen molar-refractivity contribution >= 4 is 23.6 Å². The second-order valence-electron chi connectivity index (χ2n) is 6.21. The molecule has 7 heteroatoms. The molecule has 2 amide bonds. The van der Waals surface area contributed by atoms with Gasteiger partial charge in [-0.05, 0) is 31.1 Å². The Hall–Kier alpha value is -1.79. The highest BCUT2D eigenvalue weighted by atomic mass is 35.5. The van der Waals surface area contributed by atoms with E-state index in [-0.39, 0.29) is 18.6 Å². The molecule has 25 heavy (non-hydrogen) atoms. The van der Waals surface area contributed by atoms with Gasteiger partial charge < -0.3 is 15.3 Å². The van der Waals surface area contributed by atoms with Gasteiger partial charge in [0.15, 0.2) is 0 Å². The van der Waals surface area contributed by atoms with Gasteiger partial charge in [-0.15, -0.1) is 0 Å². The number of halogens is 1. The lowest BCUT2D eigenvalue weighted by molar-refractivity contribution is -0.141. The van der Waals surface area contributed by atoms with Gasteiger partial charge in [0.1, 0.15) is 0 Å². The summed E-state index contributed by atoms with van der Waals surface area (Å²) in [4.78, 5) is 27.3. The zero-order valence-electron chi connectivity index (χ0n) is 14.7. The van der Waals surface area contributed by atoms with Crippen LogP contribution < -0.4 is 5.32 Å². The summed E-state index contributed by atoms with van der Waals surface area (Å²) in [7, 11) is 0. The van der Waals surface area contributed by atoms with E-state index in [1.165, 1.54) is 0 Å². The number of aliphatic carboxylic acids is 1. The van der Waals surface area contributed by atoms with Crippen molar-refractivity contribution in [2.45, 2.75) is 26.3 Å². The van der Waals surface area contributed by atoms with Crippen molar-refractivity contribution in [1.82, 2.24) is 15.1 Å². The van der Waals surface area contributed by atoms with Crippen LogP contribution in [0.4, 0.5) is 4.79 Å². The molecule has 1 fully saturated rings. The zero-order chi connectivity index (χ0) is 18.4. The molecule has 2 atom stereocenters. The molecule has 1 aliphatic heterocycles. The molecule has 1 aromatic rings. The van der Waals surface area contributed by atoms with Gasteiger partial charge in [-0.2, -0.15) is 0 Å². The quantitative estimate of drug-likeness (QED) is 0.777. The van der Waals surface area contributed by atoms with Crippen LogP contribution >= 0.6 is 11.6 Å². The van der Waals surface area contributed by atoms with Crippen LogP contribution in [0.1, 0.15) is 31.9 Å². The highest BCUT2D eigenvalue weighted by molar-refractivity contribution is 6.31. The maximum Gasteiger partial charge on any atom is 0.317 e. The van der Waals surface area contributed by atoms with E-state index < -0.39 is 11.9 Å². The number of carboxylic acids is 1. The lowest BCUT2D eigenvalue weighted by Gasteiger charge is -2.31. The largest absolute Gasteiger partial charge is 0.481 e. The van der Waals surface area contributed by atoms with Crippen LogP contribution in [0.3, 0.4) is 0 Å². The highest BCUT2D eigenvalue weighted by Crippen LogP contribution is 2.27. The Bertz CT molecular complexity index is 607. The van der Waals surface area contributed by atoms with E-state index in [2.05, 4.69) is 24.1 Å². The fourth-order valence-electron chi connectivity index (χ4n) is 3.29. The number of amides is 2. The van der Waals surface area contributed by atoms with E-state index in [0.717, 1.165) is 18.7 Å². The molecule has 0 aromatic heterocycles. The van der Waals surface area contributed by atoms with Crippen molar-refractivity contribution in [2.24, 2.45) is 5.92 Å². The van der Waals surface area contributed by atoms with Crippen molar-refractivity contribution in [3.63, 3.8) is 0 Å². The van der Waals surface area contributed by atoms with E-state index in [4.69, 9.17) is 16.7 Å². The number of carbonyl (C=O) groups is 2. The molecule has 0 bridgehead atoms. The Morgan fingerprint density at radius 1 is 1.36 bits per heavy atom. The Balaban J connectivity index is 2.04. The number of likely N-dealkylation sites (tertiary alicyclic amines) is 1. The molecule has 2 rings (SSSR count). The van der Waals surface area contributed by atoms with Crippen molar-refractivity contribution in [1.29, 1.82) is 0 Å². The molecule has 0 radical (unpaired) electrons. The molecule has 2 N–H and O–H groups in total. The summed E-state index contributed by atoms with van der Waals surface area (Å²) in [6.45, 7) is 7.01. The van der Waals surface area contributed by atoms with Crippen LogP contribution in [0.2, 0.25) is 5.02 Å². The van der Waals surface area contributed by atoms with E-state index in [0.29, 0.717) is 24.5 Å². The second-order valence-corrected chi connectivity index (χ2v) is 6.62. The summed E-state index contributed by atoms with van der Waals surface area (Å²) in [6.07, 6.45) is 0.507. The molecular weight excluding hydrogens is 342 g/mol. The fourth-order valence-corrected chi connectivity index (χ4v) is 3.55. The Morgan fingerprint density at radius 3 is 2.60 bits per heavy atom. The van der Waals surface area contributed by atoms with E-state index in [9.17, 15) is 9.59 Å². The fraction of sp³-hybridized carbons (Fsp3) is 0.556. The maximum atomic E-state index is 12.4. The van der Waals surface area contributed by atoms with Gasteiger partial charge >= 0.3 is 12.0 Å². The number of hydrogen-bond donors (Lipinski definition) is 2. The van der Waals surface area contributed by atoms with Gasteiger partial charge in [-0.3, -0.25) is 9.69 Å². The van der Waals surface area contributed by atoms with Crippen molar-refractivity contribution < 1.29 is 14.7 Å². The van der Waals surface area contributed by atoms with Crippen LogP contribution in [-0.4, -0.2) is 59.6 Å². The number of rotatable bonds is 7. The standard InChI is InChI=1S/C18H26ClN3O3/c1-3-21(4-2)16(14-7-5-6-8-15(14)19)11-20-18(25)22-10-9-13(12-22)17(23)24/h5-8,13,16H,3-4,9-12H2,1-2H3,(H,20,25)(H,23,24). The van der Waals surface area contributed by atoms with E-state index >= 15 is 0 Å². The van der Waals surface area contributed by atoms with Gasteiger partial charge in [-0.25, -0.2) is 4.79 Å². The lowest BCUT2D eigenvalue weighted by Crippen LogP contribution is -2.43. The summed E-state index contributed by atoms with van der Waals surface area (Å²) in [5.74, 6) is -1.31. The summed E-state index contributed by atoms with van der Waals surface area (Å²) < 4.78 is 0. The number of hydrogen-bond acceptors (Lipinski definition) is 3. The van der Waals surface area contributed by atoms with Gasteiger partial charge in [0, 0.05) is 24.7 Å². The van der Waals surface area contributed by atoms with Gasteiger partial charge in [0.2, 0.25) is 0 Å². The number of carboxylic acid groups (broad SMARTS) is 1. The van der Waals surface area contributed by atoms with Crippen molar-refractivity contribution in [2.75, 3.05) is 32.7 Å². The molecule has 1 aromatic carbocycles. The number of urea groups is 1. The molecule has 1 heterocycles. The van der Waals surface area contributed by atoms with Crippen LogP contribution in [0, 0.1) is 5.92 Å².